The zero-order valence-electron chi connectivity index (χ0n) is 16.7. The third-order valence-corrected chi connectivity index (χ3v) is 6.29. The lowest BCUT2D eigenvalue weighted by molar-refractivity contribution is 0.0369. The van der Waals surface area contributed by atoms with Crippen molar-refractivity contribution in [3.05, 3.63) is 44.7 Å². The van der Waals surface area contributed by atoms with Gasteiger partial charge in [-0.2, -0.15) is 0 Å². The lowest BCUT2D eigenvalue weighted by Crippen LogP contribution is -2.37. The molecule has 1 aliphatic rings. The Bertz CT molecular complexity index is 876. The van der Waals surface area contributed by atoms with E-state index in [2.05, 4.69) is 41.5 Å². The Morgan fingerprint density at radius 2 is 1.93 bits per heavy atom. The lowest BCUT2D eigenvalue weighted by Gasteiger charge is -2.26. The molecule has 1 aromatic carbocycles. The number of nitrogens with zero attached hydrogens (tertiary/aromatic N) is 3. The van der Waals surface area contributed by atoms with Gasteiger partial charge in [0.2, 0.25) is 0 Å². The van der Waals surface area contributed by atoms with Crippen molar-refractivity contribution >= 4 is 22.8 Å². The van der Waals surface area contributed by atoms with Gasteiger partial charge in [0, 0.05) is 38.8 Å². The molecule has 0 N–H and O–H groups in total. The summed E-state index contributed by atoms with van der Waals surface area (Å²) in [6.07, 6.45) is 1.04. The topological polar surface area (TPSA) is 46.8 Å². The molecular formula is C21H29N3O2S. The van der Waals surface area contributed by atoms with E-state index < -0.39 is 0 Å². The maximum atomic E-state index is 12.1. The lowest BCUT2D eigenvalue weighted by atomic mass is 10.1. The number of Topliss-reactive ketones (excluding diaryl/α,β-unsaturated/α-hetero) is 1. The third-order valence-electron chi connectivity index (χ3n) is 5.01. The van der Waals surface area contributed by atoms with Crippen LogP contribution in [-0.2, 0) is 11.3 Å². The third kappa shape index (κ3) is 4.94. The van der Waals surface area contributed by atoms with Crippen LogP contribution in [0.5, 0.6) is 0 Å². The summed E-state index contributed by atoms with van der Waals surface area (Å²) in [5.41, 5.74) is 4.39. The zero-order chi connectivity index (χ0) is 19.4. The molecule has 0 radical (unpaired) electrons. The first-order valence-corrected chi connectivity index (χ1v) is 10.4. The molecule has 0 bridgehead atoms. The summed E-state index contributed by atoms with van der Waals surface area (Å²) in [7, 11) is 0. The van der Waals surface area contributed by atoms with E-state index >= 15 is 0 Å². The molecule has 0 unspecified atom stereocenters. The number of carbonyl (C=O) groups excluding carboxylic acids is 1. The van der Waals surface area contributed by atoms with E-state index in [-0.39, 0.29) is 5.78 Å². The quantitative estimate of drug-likeness (QED) is 0.711. The van der Waals surface area contributed by atoms with Crippen molar-refractivity contribution in [2.45, 2.75) is 40.7 Å². The average molecular weight is 388 g/mol. The number of morpholine rings is 1. The van der Waals surface area contributed by atoms with Crippen LogP contribution in [0.25, 0.3) is 0 Å². The first-order valence-electron chi connectivity index (χ1n) is 9.59. The standard InChI is InChI=1S/C21H29N3O2S/c1-15-6-7-19(16(2)14-15)22-21-24(17(3)20(27-21)18(4)25)9-5-8-23-10-12-26-13-11-23/h6-7,14H,5,8-13H2,1-4H3. The molecule has 146 valence electrons. The van der Waals surface area contributed by atoms with Crippen molar-refractivity contribution in [2.75, 3.05) is 32.8 Å². The van der Waals surface area contributed by atoms with Gasteiger partial charge in [-0.15, -0.1) is 0 Å². The highest BCUT2D eigenvalue weighted by Crippen LogP contribution is 2.20. The van der Waals surface area contributed by atoms with E-state index in [4.69, 9.17) is 9.73 Å². The van der Waals surface area contributed by atoms with Gasteiger partial charge in [0.1, 0.15) is 0 Å². The molecule has 1 fully saturated rings. The molecule has 1 aromatic heterocycles. The van der Waals surface area contributed by atoms with Gasteiger partial charge >= 0.3 is 0 Å². The van der Waals surface area contributed by atoms with Crippen molar-refractivity contribution in [1.82, 2.24) is 9.47 Å². The fourth-order valence-electron chi connectivity index (χ4n) is 3.47. The Morgan fingerprint density at radius 1 is 1.19 bits per heavy atom. The number of hydrogen-bond donors (Lipinski definition) is 0. The normalized spacial score (nSPS) is 16.1. The van der Waals surface area contributed by atoms with E-state index in [0.29, 0.717) is 0 Å². The minimum absolute atomic E-state index is 0.113. The Labute approximate surface area is 165 Å². The van der Waals surface area contributed by atoms with Crippen LogP contribution in [0.2, 0.25) is 0 Å². The summed E-state index contributed by atoms with van der Waals surface area (Å²) < 4.78 is 7.63. The highest BCUT2D eigenvalue weighted by molar-refractivity contribution is 7.11. The number of ether oxygens (including phenoxy) is 1. The highest BCUT2D eigenvalue weighted by atomic mass is 32.1. The number of hydrogen-bond acceptors (Lipinski definition) is 5. The van der Waals surface area contributed by atoms with Gasteiger partial charge in [-0.05, 0) is 38.8 Å². The molecule has 0 aliphatic carbocycles. The number of thiazole rings is 1. The summed E-state index contributed by atoms with van der Waals surface area (Å²) >= 11 is 1.50. The summed E-state index contributed by atoms with van der Waals surface area (Å²) in [5, 5.41) is 0. The van der Waals surface area contributed by atoms with Crippen molar-refractivity contribution < 1.29 is 9.53 Å². The van der Waals surface area contributed by atoms with E-state index in [1.54, 1.807) is 6.92 Å². The average Bonchev–Trinajstić information content (AvgIpc) is 2.95. The number of aryl methyl sites for hydroxylation is 2. The second-order valence-corrected chi connectivity index (χ2v) is 8.19. The monoisotopic (exact) mass is 387 g/mol. The Morgan fingerprint density at radius 3 is 2.59 bits per heavy atom. The molecule has 1 aliphatic heterocycles. The molecule has 0 spiro atoms. The van der Waals surface area contributed by atoms with Gasteiger partial charge in [0.05, 0.1) is 23.8 Å². The molecular weight excluding hydrogens is 358 g/mol. The van der Waals surface area contributed by atoms with Gasteiger partial charge < -0.3 is 9.30 Å². The molecule has 0 saturated carbocycles. The van der Waals surface area contributed by atoms with E-state index in [1.165, 1.54) is 16.9 Å². The summed E-state index contributed by atoms with van der Waals surface area (Å²) in [6, 6.07) is 6.29. The molecule has 2 heterocycles. The van der Waals surface area contributed by atoms with Crippen LogP contribution in [0.1, 0.15) is 39.8 Å². The van der Waals surface area contributed by atoms with Crippen LogP contribution in [-0.4, -0.2) is 48.1 Å². The number of aromatic nitrogens is 1. The number of ketones is 1. The minimum atomic E-state index is 0.113. The zero-order valence-corrected chi connectivity index (χ0v) is 17.6. The fourth-order valence-corrected chi connectivity index (χ4v) is 4.54. The molecule has 6 heteroatoms. The predicted octanol–water partition coefficient (Wildman–Crippen LogP) is 3.63. The number of rotatable bonds is 6. The van der Waals surface area contributed by atoms with Gasteiger partial charge in [0.15, 0.2) is 10.6 Å². The van der Waals surface area contributed by atoms with Crippen molar-refractivity contribution in [3.8, 4) is 0 Å². The van der Waals surface area contributed by atoms with Crippen LogP contribution in [0.4, 0.5) is 5.69 Å². The Hall–Kier alpha value is -1.76. The number of carbonyl (C=O) groups is 1. The van der Waals surface area contributed by atoms with Crippen LogP contribution in [0, 0.1) is 20.8 Å². The molecule has 27 heavy (non-hydrogen) atoms. The smallest absolute Gasteiger partial charge is 0.190 e. The summed E-state index contributed by atoms with van der Waals surface area (Å²) in [6.45, 7) is 13.4. The van der Waals surface area contributed by atoms with E-state index in [1.807, 2.05) is 6.92 Å². The van der Waals surface area contributed by atoms with Crippen LogP contribution in [0.3, 0.4) is 0 Å². The summed E-state index contributed by atoms with van der Waals surface area (Å²) in [5.74, 6) is 0.113. The SMILES string of the molecule is CC(=O)c1sc(=Nc2ccc(C)cc2C)n(CCCN2CCOCC2)c1C. The van der Waals surface area contributed by atoms with Gasteiger partial charge in [0.25, 0.3) is 0 Å². The van der Waals surface area contributed by atoms with Crippen molar-refractivity contribution in [3.63, 3.8) is 0 Å². The molecule has 1 saturated heterocycles. The van der Waals surface area contributed by atoms with E-state index in [9.17, 15) is 4.79 Å². The van der Waals surface area contributed by atoms with Crippen LogP contribution in [0.15, 0.2) is 23.2 Å². The second-order valence-electron chi connectivity index (χ2n) is 7.22. The largest absolute Gasteiger partial charge is 0.379 e. The number of benzene rings is 1. The summed E-state index contributed by atoms with van der Waals surface area (Å²) in [4.78, 5) is 21.1. The second kappa shape index (κ2) is 8.95. The molecule has 2 aromatic rings. The Balaban J connectivity index is 1.87. The molecule has 0 amide bonds. The van der Waals surface area contributed by atoms with Crippen LogP contribution < -0.4 is 4.80 Å². The predicted molar refractivity (Wildman–Crippen MR) is 110 cm³/mol. The first kappa shape index (κ1) is 20.0. The van der Waals surface area contributed by atoms with Crippen molar-refractivity contribution in [2.24, 2.45) is 4.99 Å². The van der Waals surface area contributed by atoms with Gasteiger partial charge in [-0.25, -0.2) is 4.99 Å². The minimum Gasteiger partial charge on any atom is -0.379 e. The highest BCUT2D eigenvalue weighted by Gasteiger charge is 2.15. The van der Waals surface area contributed by atoms with Gasteiger partial charge in [-0.3, -0.25) is 9.69 Å². The fraction of sp³-hybridized carbons (Fsp3) is 0.524. The van der Waals surface area contributed by atoms with E-state index in [0.717, 1.165) is 72.4 Å². The molecule has 3 rings (SSSR count). The maximum absolute atomic E-state index is 12.1. The molecule has 5 nitrogen and oxygen atoms in total. The maximum Gasteiger partial charge on any atom is 0.190 e. The van der Waals surface area contributed by atoms with Gasteiger partial charge in [-0.1, -0.05) is 29.0 Å². The first-order chi connectivity index (χ1) is 13.0. The Kier molecular flexibility index (Phi) is 6.63. The van der Waals surface area contributed by atoms with Crippen molar-refractivity contribution in [1.29, 1.82) is 0 Å². The van der Waals surface area contributed by atoms with Crippen LogP contribution >= 0.6 is 11.3 Å². The molecule has 0 atom stereocenters.